The lowest BCUT2D eigenvalue weighted by Crippen LogP contribution is -2.21. The van der Waals surface area contributed by atoms with Gasteiger partial charge in [-0.05, 0) is 48.9 Å². The number of aromatic amines is 1. The van der Waals surface area contributed by atoms with E-state index in [1.165, 1.54) is 6.07 Å². The van der Waals surface area contributed by atoms with Crippen LogP contribution in [0, 0.1) is 6.92 Å². The smallest absolute Gasteiger partial charge is 0.254 e. The zero-order chi connectivity index (χ0) is 28.3. The van der Waals surface area contributed by atoms with E-state index in [2.05, 4.69) is 10.3 Å². The van der Waals surface area contributed by atoms with Crippen LogP contribution in [0.1, 0.15) is 11.1 Å². The molecule has 8 heteroatoms. The van der Waals surface area contributed by atoms with Crippen LogP contribution in [-0.2, 0) is 7.05 Å². The van der Waals surface area contributed by atoms with Crippen molar-refractivity contribution in [3.8, 4) is 5.75 Å². The molecule has 8 nitrogen and oxygen atoms in total. The summed E-state index contributed by atoms with van der Waals surface area (Å²) in [7, 11) is 11.3. The number of H-pyrrole nitrogens is 1. The number of allylic oxidation sites excluding steroid dienone is 4. The molecule has 0 fully saturated rings. The lowest BCUT2D eigenvalue weighted by Gasteiger charge is -2.23. The number of ether oxygens (including phenoxy) is 1. The molecule has 0 saturated heterocycles. The Balaban J connectivity index is 0.000000202. The van der Waals surface area contributed by atoms with Gasteiger partial charge in [0, 0.05) is 87.0 Å². The highest BCUT2D eigenvalue weighted by Crippen LogP contribution is 2.35. The van der Waals surface area contributed by atoms with Crippen LogP contribution < -0.4 is 31.0 Å². The predicted molar refractivity (Wildman–Crippen MR) is 163 cm³/mol. The number of aromatic nitrogens is 2. The first kappa shape index (κ1) is 27.3. The molecule has 2 aromatic carbocycles. The number of anilines is 2. The summed E-state index contributed by atoms with van der Waals surface area (Å²) in [4.78, 5) is 30.6. The normalized spacial score (nSPS) is 12.3. The number of benzene rings is 2. The zero-order valence-corrected chi connectivity index (χ0v) is 23.5. The van der Waals surface area contributed by atoms with Gasteiger partial charge in [0.05, 0.1) is 18.1 Å². The maximum atomic E-state index is 12.4. The van der Waals surface area contributed by atoms with Gasteiger partial charge in [0.2, 0.25) is 5.56 Å². The predicted octanol–water partition coefficient (Wildman–Crippen LogP) is 4.53. The highest BCUT2D eigenvalue weighted by atomic mass is 16.5. The van der Waals surface area contributed by atoms with Crippen LogP contribution >= 0.6 is 0 Å². The van der Waals surface area contributed by atoms with Gasteiger partial charge in [-0.1, -0.05) is 18.2 Å². The minimum Gasteiger partial charge on any atom is -0.496 e. The lowest BCUT2D eigenvalue weighted by molar-refractivity contribution is 0.418. The van der Waals surface area contributed by atoms with E-state index in [-0.39, 0.29) is 11.1 Å². The van der Waals surface area contributed by atoms with Crippen molar-refractivity contribution in [2.75, 3.05) is 45.1 Å². The van der Waals surface area contributed by atoms with Crippen LogP contribution in [0.25, 0.3) is 27.5 Å². The number of pyridine rings is 2. The summed E-state index contributed by atoms with van der Waals surface area (Å²) in [6.07, 6.45) is 9.75. The maximum Gasteiger partial charge on any atom is 0.254 e. The molecule has 3 heterocycles. The summed E-state index contributed by atoms with van der Waals surface area (Å²) < 4.78 is 7.10. The number of hydrogen-bond donors (Lipinski definition) is 2. The third-order valence-electron chi connectivity index (χ3n) is 6.68. The van der Waals surface area contributed by atoms with Gasteiger partial charge in [-0.3, -0.25) is 9.59 Å². The van der Waals surface area contributed by atoms with Crippen molar-refractivity contribution in [1.29, 1.82) is 0 Å². The van der Waals surface area contributed by atoms with E-state index < -0.39 is 0 Å². The van der Waals surface area contributed by atoms with E-state index in [9.17, 15) is 9.59 Å². The maximum absolute atomic E-state index is 12.4. The number of nitrogens with zero attached hydrogens (tertiary/aromatic N) is 3. The first-order valence-electron chi connectivity index (χ1n) is 12.6. The van der Waals surface area contributed by atoms with Crippen molar-refractivity contribution in [2.45, 2.75) is 6.92 Å². The van der Waals surface area contributed by atoms with Gasteiger partial charge in [-0.2, -0.15) is 0 Å². The number of hydrogen-bond acceptors (Lipinski definition) is 6. The molecule has 0 saturated carbocycles. The van der Waals surface area contributed by atoms with Gasteiger partial charge in [0.25, 0.3) is 5.56 Å². The SMILES string of the molecule is COc1cc(=O)n(C)c2c(C3=CC=CC=CN3)c(N(C)C)ccc12.Cc1cc(=O)[nH]c2cc(N(C)C)ccc12. The highest BCUT2D eigenvalue weighted by molar-refractivity contribution is 6.00. The fourth-order valence-corrected chi connectivity index (χ4v) is 4.65. The van der Waals surface area contributed by atoms with Gasteiger partial charge in [0.1, 0.15) is 5.75 Å². The molecule has 2 aromatic heterocycles. The van der Waals surface area contributed by atoms with Gasteiger partial charge in [0.15, 0.2) is 0 Å². The Bertz CT molecular complexity index is 1740. The number of rotatable bonds is 4. The van der Waals surface area contributed by atoms with E-state index in [4.69, 9.17) is 4.74 Å². The molecule has 0 spiro atoms. The lowest BCUT2D eigenvalue weighted by atomic mass is 10.0. The van der Waals surface area contributed by atoms with E-state index in [0.717, 1.165) is 50.0 Å². The van der Waals surface area contributed by atoms with Crippen molar-refractivity contribution in [2.24, 2.45) is 7.05 Å². The molecule has 5 rings (SSSR count). The minimum absolute atomic E-state index is 0.0455. The van der Waals surface area contributed by atoms with E-state index >= 15 is 0 Å². The fourth-order valence-electron chi connectivity index (χ4n) is 4.65. The third-order valence-corrected chi connectivity index (χ3v) is 6.68. The molecular weight excluding hydrogens is 490 g/mol. The van der Waals surface area contributed by atoms with Crippen molar-refractivity contribution in [1.82, 2.24) is 14.9 Å². The van der Waals surface area contributed by atoms with Crippen molar-refractivity contribution < 1.29 is 4.74 Å². The Labute approximate surface area is 228 Å². The number of methoxy groups -OCH3 is 1. The Hall–Kier alpha value is -4.72. The molecule has 0 amide bonds. The molecule has 0 unspecified atom stereocenters. The average Bonchev–Trinajstić information content (AvgIpc) is 3.19. The summed E-state index contributed by atoms with van der Waals surface area (Å²) in [5.41, 5.74) is 6.60. The van der Waals surface area contributed by atoms with Crippen LogP contribution in [0.15, 0.2) is 82.6 Å². The number of nitrogens with one attached hydrogen (secondary N) is 2. The topological polar surface area (TPSA) is 82.6 Å². The van der Waals surface area contributed by atoms with E-state index in [0.29, 0.717) is 5.75 Å². The Morgan fingerprint density at radius 2 is 1.62 bits per heavy atom. The number of aryl methyl sites for hydroxylation is 2. The molecule has 0 atom stereocenters. The third kappa shape index (κ3) is 5.60. The van der Waals surface area contributed by atoms with Gasteiger partial charge >= 0.3 is 0 Å². The molecule has 0 radical (unpaired) electrons. The molecule has 39 heavy (non-hydrogen) atoms. The summed E-state index contributed by atoms with van der Waals surface area (Å²) in [6, 6.07) is 13.3. The van der Waals surface area contributed by atoms with Crippen molar-refractivity contribution in [3.05, 3.63) is 105 Å². The van der Waals surface area contributed by atoms with Crippen LogP contribution in [-0.4, -0.2) is 44.9 Å². The molecular formula is C31H35N5O3. The van der Waals surface area contributed by atoms with Crippen molar-refractivity contribution in [3.63, 3.8) is 0 Å². The Kier molecular flexibility index (Phi) is 7.95. The molecule has 4 aromatic rings. The fraction of sp³-hybridized carbons (Fsp3) is 0.226. The molecule has 2 N–H and O–H groups in total. The van der Waals surface area contributed by atoms with E-state index in [1.54, 1.807) is 24.8 Å². The second kappa shape index (κ2) is 11.3. The average molecular weight is 526 g/mol. The van der Waals surface area contributed by atoms with Crippen LogP contribution in [0.3, 0.4) is 0 Å². The van der Waals surface area contributed by atoms with Crippen molar-refractivity contribution >= 4 is 38.9 Å². The van der Waals surface area contributed by atoms with Gasteiger partial charge in [-0.15, -0.1) is 0 Å². The highest BCUT2D eigenvalue weighted by Gasteiger charge is 2.18. The van der Waals surface area contributed by atoms with Crippen LogP contribution in [0.4, 0.5) is 11.4 Å². The molecule has 1 aliphatic rings. The summed E-state index contributed by atoms with van der Waals surface area (Å²) in [5, 5.41) is 5.30. The van der Waals surface area contributed by atoms with Crippen LogP contribution in [0.2, 0.25) is 0 Å². The summed E-state index contributed by atoms with van der Waals surface area (Å²) >= 11 is 0. The van der Waals surface area contributed by atoms with Gasteiger partial charge < -0.3 is 29.4 Å². The first-order valence-corrected chi connectivity index (χ1v) is 12.6. The quantitative estimate of drug-likeness (QED) is 0.408. The molecule has 0 aliphatic carbocycles. The Morgan fingerprint density at radius 1 is 0.872 bits per heavy atom. The molecule has 202 valence electrons. The first-order chi connectivity index (χ1) is 18.6. The van der Waals surface area contributed by atoms with Crippen LogP contribution in [0.5, 0.6) is 5.75 Å². The number of fused-ring (bicyclic) bond motifs is 2. The summed E-state index contributed by atoms with van der Waals surface area (Å²) in [5.74, 6) is 0.583. The minimum atomic E-state index is -0.100. The second-order valence-corrected chi connectivity index (χ2v) is 9.77. The van der Waals surface area contributed by atoms with Gasteiger partial charge in [-0.25, -0.2) is 0 Å². The zero-order valence-electron chi connectivity index (χ0n) is 23.5. The molecule has 0 bridgehead atoms. The van der Waals surface area contributed by atoms with E-state index in [1.807, 2.05) is 106 Å². The molecule has 1 aliphatic heterocycles. The monoisotopic (exact) mass is 525 g/mol. The standard InChI is InChI=1S/C19H21N3O2.C12H14N2O/c1-21(2)15-10-9-13-16(24-4)12-17(23)22(3)19(13)18(15)14-8-6-5-7-11-20-14;1-8-6-12(15)13-11-7-9(14(2)3)4-5-10(8)11/h5-12,20H,1-4H3;4-7H,1-3H3,(H,13,15). The second-order valence-electron chi connectivity index (χ2n) is 9.77. The summed E-state index contributed by atoms with van der Waals surface area (Å²) in [6.45, 7) is 1.95. The largest absolute Gasteiger partial charge is 0.496 e. The Morgan fingerprint density at radius 3 is 2.31 bits per heavy atom.